The van der Waals surface area contributed by atoms with Crippen molar-refractivity contribution in [1.82, 2.24) is 0 Å². The van der Waals surface area contributed by atoms with E-state index in [1.807, 2.05) is 0 Å². The number of hydrogen-bond acceptors (Lipinski definition) is 2. The third kappa shape index (κ3) is 2.46. The summed E-state index contributed by atoms with van der Waals surface area (Å²) >= 11 is 11.4. The highest BCUT2D eigenvalue weighted by Crippen LogP contribution is 2.26. The standard InChI is InChI=1S/C10H8Cl2O4/c11-7-4-2-1-3-6(7)5-10(12,8(13)14)9(15)16/h1-4H,5H2,(H,13,14)(H,15,16). The van der Waals surface area contributed by atoms with Gasteiger partial charge in [0.15, 0.2) is 0 Å². The molecule has 0 aliphatic rings. The molecule has 0 heterocycles. The van der Waals surface area contributed by atoms with Gasteiger partial charge in [0.2, 0.25) is 4.87 Å². The van der Waals surface area contributed by atoms with Crippen LogP contribution in [0.2, 0.25) is 5.02 Å². The molecule has 0 aliphatic heterocycles. The Kier molecular flexibility index (Phi) is 3.78. The number of rotatable bonds is 4. The van der Waals surface area contributed by atoms with Crippen LogP contribution in [-0.4, -0.2) is 27.0 Å². The second-order valence-electron chi connectivity index (χ2n) is 3.18. The van der Waals surface area contributed by atoms with E-state index in [1.54, 1.807) is 12.1 Å². The Morgan fingerprint density at radius 1 is 1.19 bits per heavy atom. The maximum Gasteiger partial charge on any atom is 0.336 e. The minimum Gasteiger partial charge on any atom is -0.479 e. The molecule has 0 spiro atoms. The molecule has 0 fully saturated rings. The molecular weight excluding hydrogens is 255 g/mol. The number of aliphatic carboxylic acids is 2. The third-order valence-corrected chi connectivity index (χ3v) is 2.90. The van der Waals surface area contributed by atoms with E-state index in [2.05, 4.69) is 0 Å². The second-order valence-corrected chi connectivity index (χ2v) is 4.23. The van der Waals surface area contributed by atoms with Gasteiger partial charge < -0.3 is 10.2 Å². The molecule has 86 valence electrons. The van der Waals surface area contributed by atoms with Crippen LogP contribution in [0.5, 0.6) is 0 Å². The van der Waals surface area contributed by atoms with Gasteiger partial charge in [-0.15, -0.1) is 0 Å². The summed E-state index contributed by atoms with van der Waals surface area (Å²) in [7, 11) is 0. The Morgan fingerprint density at radius 2 is 1.69 bits per heavy atom. The molecule has 0 saturated carbocycles. The SMILES string of the molecule is O=C(O)C(Cl)(Cc1ccccc1Cl)C(=O)O. The van der Waals surface area contributed by atoms with Gasteiger partial charge in [0.05, 0.1) is 0 Å². The van der Waals surface area contributed by atoms with Gasteiger partial charge in [-0.2, -0.15) is 0 Å². The molecule has 0 bridgehead atoms. The normalized spacial score (nSPS) is 11.1. The van der Waals surface area contributed by atoms with Crippen LogP contribution in [0.15, 0.2) is 24.3 Å². The summed E-state index contributed by atoms with van der Waals surface area (Å²) in [6, 6.07) is 6.36. The maximum absolute atomic E-state index is 10.8. The molecule has 0 unspecified atom stereocenters. The summed E-state index contributed by atoms with van der Waals surface area (Å²) in [6.45, 7) is 0. The summed E-state index contributed by atoms with van der Waals surface area (Å²) in [4.78, 5) is 19.3. The smallest absolute Gasteiger partial charge is 0.336 e. The zero-order chi connectivity index (χ0) is 12.3. The molecular formula is C10H8Cl2O4. The average Bonchev–Trinajstić information content (AvgIpc) is 2.20. The summed E-state index contributed by atoms with van der Waals surface area (Å²) in [5.41, 5.74) is 0.379. The Balaban J connectivity index is 3.07. The third-order valence-electron chi connectivity index (χ3n) is 2.07. The Morgan fingerprint density at radius 3 is 2.12 bits per heavy atom. The highest BCUT2D eigenvalue weighted by molar-refractivity contribution is 6.44. The molecule has 0 amide bonds. The molecule has 1 aromatic carbocycles. The van der Waals surface area contributed by atoms with Crippen molar-refractivity contribution in [1.29, 1.82) is 0 Å². The van der Waals surface area contributed by atoms with Crippen LogP contribution in [0, 0.1) is 0 Å². The van der Waals surface area contributed by atoms with E-state index in [9.17, 15) is 9.59 Å². The van der Waals surface area contributed by atoms with Crippen molar-refractivity contribution < 1.29 is 19.8 Å². The van der Waals surface area contributed by atoms with Crippen LogP contribution in [0.3, 0.4) is 0 Å². The van der Waals surface area contributed by atoms with Crippen molar-refractivity contribution in [2.24, 2.45) is 0 Å². The largest absolute Gasteiger partial charge is 0.479 e. The first kappa shape index (κ1) is 12.8. The number of halogens is 2. The molecule has 0 atom stereocenters. The molecule has 0 saturated heterocycles. The number of carboxylic acids is 2. The molecule has 2 N–H and O–H groups in total. The highest BCUT2D eigenvalue weighted by Gasteiger charge is 2.45. The van der Waals surface area contributed by atoms with Crippen molar-refractivity contribution in [2.45, 2.75) is 11.3 Å². The van der Waals surface area contributed by atoms with Gasteiger partial charge >= 0.3 is 11.9 Å². The van der Waals surface area contributed by atoms with E-state index in [-0.39, 0.29) is 11.4 Å². The van der Waals surface area contributed by atoms with E-state index >= 15 is 0 Å². The maximum atomic E-state index is 10.8. The van der Waals surface area contributed by atoms with Crippen molar-refractivity contribution in [3.63, 3.8) is 0 Å². The molecule has 0 radical (unpaired) electrons. The first-order chi connectivity index (χ1) is 7.38. The Bertz CT molecular complexity index is 417. The fraction of sp³-hybridized carbons (Fsp3) is 0.200. The van der Waals surface area contributed by atoms with Gasteiger partial charge in [0, 0.05) is 11.4 Å². The number of benzene rings is 1. The predicted octanol–water partition coefficient (Wildman–Crippen LogP) is 2.03. The van der Waals surface area contributed by atoms with Gasteiger partial charge in [0.25, 0.3) is 0 Å². The number of carboxylic acid groups (broad SMARTS) is 2. The summed E-state index contributed by atoms with van der Waals surface area (Å²) in [5, 5.41) is 17.9. The lowest BCUT2D eigenvalue weighted by Gasteiger charge is -2.17. The van der Waals surface area contributed by atoms with E-state index in [1.165, 1.54) is 12.1 Å². The van der Waals surface area contributed by atoms with Crippen LogP contribution < -0.4 is 0 Å². The molecule has 1 aromatic rings. The lowest BCUT2D eigenvalue weighted by Crippen LogP contribution is -2.43. The first-order valence-electron chi connectivity index (χ1n) is 4.27. The van der Waals surface area contributed by atoms with Crippen LogP contribution in [0.25, 0.3) is 0 Å². The van der Waals surface area contributed by atoms with Crippen LogP contribution in [0.1, 0.15) is 5.56 Å². The lowest BCUT2D eigenvalue weighted by atomic mass is 9.98. The van der Waals surface area contributed by atoms with E-state index in [0.717, 1.165) is 0 Å². The predicted molar refractivity (Wildman–Crippen MR) is 59.0 cm³/mol. The Hall–Kier alpha value is -1.26. The average molecular weight is 263 g/mol. The zero-order valence-electron chi connectivity index (χ0n) is 7.98. The molecule has 0 aliphatic carbocycles. The molecule has 0 aromatic heterocycles. The van der Waals surface area contributed by atoms with Crippen molar-refractivity contribution >= 4 is 35.1 Å². The quantitative estimate of drug-likeness (QED) is 0.643. The van der Waals surface area contributed by atoms with Crippen molar-refractivity contribution in [3.05, 3.63) is 34.9 Å². The minimum absolute atomic E-state index is 0.287. The summed E-state index contributed by atoms with van der Waals surface area (Å²) in [6.07, 6.45) is -0.376. The van der Waals surface area contributed by atoms with Gasteiger partial charge in [-0.3, -0.25) is 0 Å². The fourth-order valence-corrected chi connectivity index (χ4v) is 1.49. The van der Waals surface area contributed by atoms with Crippen LogP contribution in [-0.2, 0) is 16.0 Å². The second kappa shape index (κ2) is 4.72. The number of hydrogen-bond donors (Lipinski definition) is 2. The van der Waals surface area contributed by atoms with E-state index in [0.29, 0.717) is 5.56 Å². The van der Waals surface area contributed by atoms with Gasteiger partial charge in [0.1, 0.15) is 0 Å². The molecule has 16 heavy (non-hydrogen) atoms. The van der Waals surface area contributed by atoms with Crippen LogP contribution >= 0.6 is 23.2 Å². The van der Waals surface area contributed by atoms with Crippen molar-refractivity contribution in [2.75, 3.05) is 0 Å². The lowest BCUT2D eigenvalue weighted by molar-refractivity contribution is -0.152. The summed E-state index contributed by atoms with van der Waals surface area (Å²) in [5.74, 6) is -3.22. The summed E-state index contributed by atoms with van der Waals surface area (Å²) < 4.78 is 0. The fourth-order valence-electron chi connectivity index (χ4n) is 1.15. The molecule has 4 nitrogen and oxygen atoms in total. The van der Waals surface area contributed by atoms with Crippen LogP contribution in [0.4, 0.5) is 0 Å². The Labute approximate surface area is 101 Å². The van der Waals surface area contributed by atoms with Gasteiger partial charge in [-0.25, -0.2) is 9.59 Å². The zero-order valence-corrected chi connectivity index (χ0v) is 9.50. The number of carbonyl (C=O) groups is 2. The molecule has 6 heteroatoms. The number of alkyl halides is 1. The van der Waals surface area contributed by atoms with E-state index < -0.39 is 16.8 Å². The van der Waals surface area contributed by atoms with Gasteiger partial charge in [-0.05, 0) is 11.6 Å². The topological polar surface area (TPSA) is 74.6 Å². The minimum atomic E-state index is -2.38. The first-order valence-corrected chi connectivity index (χ1v) is 5.02. The van der Waals surface area contributed by atoms with Gasteiger partial charge in [-0.1, -0.05) is 41.4 Å². The highest BCUT2D eigenvalue weighted by atomic mass is 35.5. The molecule has 1 rings (SSSR count). The van der Waals surface area contributed by atoms with E-state index in [4.69, 9.17) is 33.4 Å². The van der Waals surface area contributed by atoms with Crippen molar-refractivity contribution in [3.8, 4) is 0 Å². The monoisotopic (exact) mass is 262 g/mol.